The Bertz CT molecular complexity index is 610. The zero-order chi connectivity index (χ0) is 15.2. The van der Waals surface area contributed by atoms with E-state index in [2.05, 4.69) is 15.3 Å². The molecule has 2 aromatic rings. The lowest BCUT2D eigenvalue weighted by Crippen LogP contribution is -2.23. The summed E-state index contributed by atoms with van der Waals surface area (Å²) < 4.78 is 5.94. The summed E-state index contributed by atoms with van der Waals surface area (Å²) in [5.41, 5.74) is 3.08. The number of aromatic nitrogens is 2. The summed E-state index contributed by atoms with van der Waals surface area (Å²) in [6.45, 7) is 0.444. The first-order chi connectivity index (χ1) is 10.8. The molecule has 1 aliphatic carbocycles. The maximum Gasteiger partial charge on any atom is 0.271 e. The zero-order valence-corrected chi connectivity index (χ0v) is 13.1. The van der Waals surface area contributed by atoms with Crippen LogP contribution in [0.5, 0.6) is 5.88 Å². The topological polar surface area (TPSA) is 64.1 Å². The van der Waals surface area contributed by atoms with Gasteiger partial charge in [-0.05, 0) is 37.3 Å². The molecule has 3 rings (SSSR count). The van der Waals surface area contributed by atoms with E-state index in [9.17, 15) is 4.79 Å². The Morgan fingerprint density at radius 2 is 2.18 bits per heavy atom. The van der Waals surface area contributed by atoms with E-state index in [4.69, 9.17) is 4.74 Å². The highest BCUT2D eigenvalue weighted by Crippen LogP contribution is 2.22. The minimum Gasteiger partial charge on any atom is -0.474 e. The van der Waals surface area contributed by atoms with E-state index in [0.29, 0.717) is 18.1 Å². The molecule has 0 saturated heterocycles. The monoisotopic (exact) mass is 317 g/mol. The summed E-state index contributed by atoms with van der Waals surface area (Å²) in [7, 11) is 0. The molecular formula is C16H19N3O2S. The Labute approximate surface area is 133 Å². The molecule has 6 heteroatoms. The SMILES string of the molecule is O=C(NCc1ccnc(OC2CCCCC2)c1)c1cscn1. The van der Waals surface area contributed by atoms with Crippen LogP contribution in [0.1, 0.15) is 48.2 Å². The van der Waals surface area contributed by atoms with Crippen molar-refractivity contribution in [2.75, 3.05) is 0 Å². The summed E-state index contributed by atoms with van der Waals surface area (Å²) in [4.78, 5) is 20.1. The number of carbonyl (C=O) groups excluding carboxylic acids is 1. The number of nitrogens with zero attached hydrogens (tertiary/aromatic N) is 2. The van der Waals surface area contributed by atoms with E-state index >= 15 is 0 Å². The molecular weight excluding hydrogens is 298 g/mol. The fourth-order valence-electron chi connectivity index (χ4n) is 2.58. The number of amides is 1. The van der Waals surface area contributed by atoms with Crippen LogP contribution < -0.4 is 10.1 Å². The van der Waals surface area contributed by atoms with Crippen LogP contribution in [0.4, 0.5) is 0 Å². The molecule has 116 valence electrons. The number of carbonyl (C=O) groups is 1. The molecule has 2 heterocycles. The van der Waals surface area contributed by atoms with Crippen molar-refractivity contribution in [3.05, 3.63) is 40.5 Å². The fraction of sp³-hybridized carbons (Fsp3) is 0.438. The molecule has 0 spiro atoms. The Hall–Kier alpha value is -1.95. The van der Waals surface area contributed by atoms with Crippen LogP contribution in [0, 0.1) is 0 Å². The van der Waals surface area contributed by atoms with Crippen molar-refractivity contribution >= 4 is 17.2 Å². The molecule has 22 heavy (non-hydrogen) atoms. The number of ether oxygens (including phenoxy) is 1. The maximum atomic E-state index is 11.9. The number of nitrogens with one attached hydrogen (secondary N) is 1. The van der Waals surface area contributed by atoms with Crippen molar-refractivity contribution in [2.24, 2.45) is 0 Å². The van der Waals surface area contributed by atoms with Gasteiger partial charge in [-0.3, -0.25) is 4.79 Å². The van der Waals surface area contributed by atoms with E-state index < -0.39 is 0 Å². The second-order valence-corrected chi connectivity index (χ2v) is 6.16. The Morgan fingerprint density at radius 1 is 1.32 bits per heavy atom. The molecule has 0 atom stereocenters. The molecule has 1 N–H and O–H groups in total. The molecule has 1 saturated carbocycles. The van der Waals surface area contributed by atoms with Crippen LogP contribution in [0.15, 0.2) is 29.2 Å². The van der Waals surface area contributed by atoms with Gasteiger partial charge in [0.05, 0.1) is 5.51 Å². The van der Waals surface area contributed by atoms with E-state index in [0.717, 1.165) is 18.4 Å². The molecule has 0 bridgehead atoms. The molecule has 2 aromatic heterocycles. The molecule has 0 radical (unpaired) electrons. The largest absolute Gasteiger partial charge is 0.474 e. The van der Waals surface area contributed by atoms with E-state index in [1.807, 2.05) is 12.1 Å². The van der Waals surface area contributed by atoms with Crippen molar-refractivity contribution in [1.82, 2.24) is 15.3 Å². The molecule has 1 amide bonds. The number of hydrogen-bond donors (Lipinski definition) is 1. The lowest BCUT2D eigenvalue weighted by Gasteiger charge is -2.22. The lowest BCUT2D eigenvalue weighted by molar-refractivity contribution is 0.0946. The Kier molecular flexibility index (Phi) is 5.00. The van der Waals surface area contributed by atoms with Crippen LogP contribution in [0.25, 0.3) is 0 Å². The van der Waals surface area contributed by atoms with Gasteiger partial charge in [0, 0.05) is 24.2 Å². The van der Waals surface area contributed by atoms with E-state index in [-0.39, 0.29) is 12.0 Å². The van der Waals surface area contributed by atoms with Gasteiger partial charge in [0.25, 0.3) is 5.91 Å². The minimum atomic E-state index is -0.159. The van der Waals surface area contributed by atoms with Crippen molar-refractivity contribution < 1.29 is 9.53 Å². The van der Waals surface area contributed by atoms with Gasteiger partial charge in [-0.1, -0.05) is 6.42 Å². The van der Waals surface area contributed by atoms with Crippen LogP contribution >= 0.6 is 11.3 Å². The second-order valence-electron chi connectivity index (χ2n) is 5.44. The fourth-order valence-corrected chi connectivity index (χ4v) is 3.11. The van der Waals surface area contributed by atoms with E-state index in [1.165, 1.54) is 30.6 Å². The van der Waals surface area contributed by atoms with Crippen LogP contribution in [-0.2, 0) is 6.54 Å². The van der Waals surface area contributed by atoms with Crippen molar-refractivity contribution in [3.63, 3.8) is 0 Å². The highest BCUT2D eigenvalue weighted by Gasteiger charge is 2.15. The highest BCUT2D eigenvalue weighted by atomic mass is 32.1. The van der Waals surface area contributed by atoms with Crippen LogP contribution in [-0.4, -0.2) is 22.0 Å². The second kappa shape index (κ2) is 7.35. The number of rotatable bonds is 5. The van der Waals surface area contributed by atoms with Gasteiger partial charge >= 0.3 is 0 Å². The zero-order valence-electron chi connectivity index (χ0n) is 12.3. The van der Waals surface area contributed by atoms with Crippen molar-refractivity contribution in [3.8, 4) is 5.88 Å². The smallest absolute Gasteiger partial charge is 0.271 e. The molecule has 0 aromatic carbocycles. The number of hydrogen-bond acceptors (Lipinski definition) is 5. The van der Waals surface area contributed by atoms with Gasteiger partial charge in [-0.2, -0.15) is 0 Å². The van der Waals surface area contributed by atoms with Gasteiger partial charge in [0.1, 0.15) is 11.8 Å². The maximum absolute atomic E-state index is 11.9. The van der Waals surface area contributed by atoms with Crippen LogP contribution in [0.3, 0.4) is 0 Å². The quantitative estimate of drug-likeness (QED) is 0.920. The van der Waals surface area contributed by atoms with Gasteiger partial charge < -0.3 is 10.1 Å². The summed E-state index contributed by atoms with van der Waals surface area (Å²) >= 11 is 1.41. The molecule has 5 nitrogen and oxygen atoms in total. The number of thiazole rings is 1. The van der Waals surface area contributed by atoms with Crippen LogP contribution in [0.2, 0.25) is 0 Å². The summed E-state index contributed by atoms with van der Waals surface area (Å²) in [6.07, 6.45) is 7.97. The normalized spacial score (nSPS) is 15.5. The van der Waals surface area contributed by atoms with Gasteiger partial charge in [-0.15, -0.1) is 11.3 Å². The molecule has 0 aliphatic heterocycles. The Morgan fingerprint density at radius 3 is 2.95 bits per heavy atom. The molecule has 1 aliphatic rings. The van der Waals surface area contributed by atoms with Gasteiger partial charge in [0.15, 0.2) is 0 Å². The number of pyridine rings is 1. The van der Waals surface area contributed by atoms with Gasteiger partial charge in [0.2, 0.25) is 5.88 Å². The first-order valence-corrected chi connectivity index (χ1v) is 8.53. The highest BCUT2D eigenvalue weighted by molar-refractivity contribution is 7.07. The lowest BCUT2D eigenvalue weighted by atomic mass is 9.98. The summed E-state index contributed by atoms with van der Waals surface area (Å²) in [6, 6.07) is 3.78. The molecule has 0 unspecified atom stereocenters. The average Bonchev–Trinajstić information content (AvgIpc) is 3.08. The first kappa shape index (κ1) is 15.0. The minimum absolute atomic E-state index is 0.159. The third kappa shape index (κ3) is 4.04. The third-order valence-corrected chi connectivity index (χ3v) is 4.34. The van der Waals surface area contributed by atoms with Gasteiger partial charge in [-0.25, -0.2) is 9.97 Å². The summed E-state index contributed by atoms with van der Waals surface area (Å²) in [5.74, 6) is 0.486. The first-order valence-electron chi connectivity index (χ1n) is 7.59. The third-order valence-electron chi connectivity index (χ3n) is 3.76. The average molecular weight is 317 g/mol. The van der Waals surface area contributed by atoms with Crippen molar-refractivity contribution in [2.45, 2.75) is 44.8 Å². The van der Waals surface area contributed by atoms with Crippen molar-refractivity contribution in [1.29, 1.82) is 0 Å². The molecule has 1 fully saturated rings. The predicted molar refractivity (Wildman–Crippen MR) is 85.0 cm³/mol. The summed E-state index contributed by atoms with van der Waals surface area (Å²) in [5, 5.41) is 4.59. The predicted octanol–water partition coefficient (Wildman–Crippen LogP) is 3.18. The standard InChI is InChI=1S/C16H19N3O2S/c20-16(14-10-22-11-19-14)18-9-12-6-7-17-15(8-12)21-13-4-2-1-3-5-13/h6-8,10-11,13H,1-5,9H2,(H,18,20). The Balaban J connectivity index is 1.55. The van der Waals surface area contributed by atoms with E-state index in [1.54, 1.807) is 17.1 Å².